The van der Waals surface area contributed by atoms with E-state index >= 15 is 0 Å². The van der Waals surface area contributed by atoms with Gasteiger partial charge in [0.15, 0.2) is 11.4 Å². The summed E-state index contributed by atoms with van der Waals surface area (Å²) in [7, 11) is 0. The zero-order chi connectivity index (χ0) is 41.1. The third-order valence-corrected chi connectivity index (χ3v) is 11.2. The minimum Gasteiger partial charge on any atom is -0.310 e. The van der Waals surface area contributed by atoms with Crippen molar-refractivity contribution in [2.24, 2.45) is 0 Å². The summed E-state index contributed by atoms with van der Waals surface area (Å²) in [6.45, 7) is 15.5. The SMILES string of the molecule is [C-]#[N+]c1cccc(-c2ccc3c(c2)c2ccccc2n3-c2cc([N+]#[C-])ccc2-c2cc(C(F)(F)F)ccc2-n2c3ccccc3c3cc(-c4cccc(C#N)c4)ccc32)c1. The molecule has 0 aliphatic carbocycles. The maximum atomic E-state index is 14.8. The number of para-hydroxylation sites is 2. The lowest BCUT2D eigenvalue weighted by Gasteiger charge is -2.20. The quantitative estimate of drug-likeness (QED) is 0.160. The highest BCUT2D eigenvalue weighted by Crippen LogP contribution is 2.45. The van der Waals surface area contributed by atoms with Gasteiger partial charge in [-0.1, -0.05) is 91.0 Å². The van der Waals surface area contributed by atoms with Gasteiger partial charge in [0.2, 0.25) is 0 Å². The van der Waals surface area contributed by atoms with Crippen molar-refractivity contribution < 1.29 is 13.2 Å². The van der Waals surface area contributed by atoms with Gasteiger partial charge in [0.05, 0.1) is 58.1 Å². The topological polar surface area (TPSA) is 42.4 Å². The van der Waals surface area contributed by atoms with Crippen LogP contribution in [0.15, 0.2) is 170 Å². The normalized spacial score (nSPS) is 11.5. The van der Waals surface area contributed by atoms with E-state index in [1.165, 1.54) is 12.1 Å². The van der Waals surface area contributed by atoms with Gasteiger partial charge in [-0.05, 0) is 101 Å². The van der Waals surface area contributed by atoms with E-state index in [0.717, 1.165) is 71.9 Å². The molecule has 0 aliphatic heterocycles. The standard InChI is InChI=1S/C52H28F3N5/c1-57-38-12-8-11-34(26-38)36-18-23-49-44(28-36)41-14-4-6-16-47(41)60(49)51-30-39(58-2)20-21-42(51)45-29-37(52(53,54)55)19-24-50(45)59-46-15-5-3-13-40(46)43-27-35(17-22-48(43)59)33-10-7-9-32(25-33)31-56/h3-30H. The van der Waals surface area contributed by atoms with Crippen LogP contribution < -0.4 is 0 Å². The van der Waals surface area contributed by atoms with E-state index in [9.17, 15) is 18.4 Å². The summed E-state index contributed by atoms with van der Waals surface area (Å²) in [5.74, 6) is 0. The molecule has 0 atom stereocenters. The number of hydrogen-bond donors (Lipinski definition) is 0. The Morgan fingerprint density at radius 2 is 1.00 bits per heavy atom. The molecule has 10 aromatic rings. The number of benzene rings is 8. The summed E-state index contributed by atoms with van der Waals surface area (Å²) < 4.78 is 48.4. The van der Waals surface area contributed by atoms with Crippen molar-refractivity contribution >= 4 is 55.0 Å². The average molecular weight is 780 g/mol. The van der Waals surface area contributed by atoms with Gasteiger partial charge in [-0.2, -0.15) is 18.4 Å². The van der Waals surface area contributed by atoms with Crippen LogP contribution in [-0.4, -0.2) is 9.13 Å². The Kier molecular flexibility index (Phi) is 8.35. The first-order valence-electron chi connectivity index (χ1n) is 19.0. The second-order valence-corrected chi connectivity index (χ2v) is 14.6. The number of halogens is 3. The number of nitriles is 1. The largest absolute Gasteiger partial charge is 0.416 e. The van der Waals surface area contributed by atoms with Crippen LogP contribution in [0.4, 0.5) is 24.5 Å². The number of alkyl halides is 3. The lowest BCUT2D eigenvalue weighted by Crippen LogP contribution is -2.08. The molecule has 2 heterocycles. The Morgan fingerprint density at radius 1 is 0.450 bits per heavy atom. The van der Waals surface area contributed by atoms with Crippen LogP contribution in [0.3, 0.4) is 0 Å². The molecule has 8 heteroatoms. The lowest BCUT2D eigenvalue weighted by atomic mass is 9.97. The number of fused-ring (bicyclic) bond motifs is 6. The first kappa shape index (κ1) is 36.0. The first-order valence-corrected chi connectivity index (χ1v) is 19.0. The Hall–Kier alpha value is -8.38. The molecule has 0 unspecified atom stereocenters. The van der Waals surface area contributed by atoms with Crippen molar-refractivity contribution in [3.8, 4) is 50.8 Å². The van der Waals surface area contributed by atoms with E-state index < -0.39 is 11.7 Å². The van der Waals surface area contributed by atoms with Crippen LogP contribution in [-0.2, 0) is 6.18 Å². The van der Waals surface area contributed by atoms with Gasteiger partial charge in [0, 0.05) is 38.4 Å². The van der Waals surface area contributed by atoms with Crippen molar-refractivity contribution in [3.05, 3.63) is 204 Å². The molecule has 2 aromatic heterocycles. The van der Waals surface area contributed by atoms with Crippen LogP contribution in [0.5, 0.6) is 0 Å². The second kappa shape index (κ2) is 13.9. The fourth-order valence-corrected chi connectivity index (χ4v) is 8.47. The van der Waals surface area contributed by atoms with E-state index in [1.807, 2.05) is 118 Å². The highest BCUT2D eigenvalue weighted by atomic mass is 19.4. The predicted molar refractivity (Wildman–Crippen MR) is 234 cm³/mol. The summed E-state index contributed by atoms with van der Waals surface area (Å²) in [5.41, 5.74) is 9.37. The zero-order valence-electron chi connectivity index (χ0n) is 31.5. The van der Waals surface area contributed by atoms with Crippen LogP contribution in [0.25, 0.3) is 98.1 Å². The summed E-state index contributed by atoms with van der Waals surface area (Å²) in [6.07, 6.45) is -4.63. The minimum atomic E-state index is -4.63. The molecule has 0 N–H and O–H groups in total. The van der Waals surface area contributed by atoms with Gasteiger partial charge in [0.25, 0.3) is 0 Å². The van der Waals surface area contributed by atoms with Gasteiger partial charge in [-0.15, -0.1) is 0 Å². The molecule has 0 saturated carbocycles. The van der Waals surface area contributed by atoms with E-state index in [1.54, 1.807) is 30.3 Å². The molecule has 60 heavy (non-hydrogen) atoms. The summed E-state index contributed by atoms with van der Waals surface area (Å²) in [5, 5.41) is 13.2. The fourth-order valence-electron chi connectivity index (χ4n) is 8.47. The third kappa shape index (κ3) is 5.85. The molecule has 5 nitrogen and oxygen atoms in total. The highest BCUT2D eigenvalue weighted by Gasteiger charge is 2.32. The Balaban J connectivity index is 1.26. The van der Waals surface area contributed by atoms with Crippen molar-refractivity contribution in [1.29, 1.82) is 5.26 Å². The molecule has 282 valence electrons. The van der Waals surface area contributed by atoms with Crippen molar-refractivity contribution in [3.63, 3.8) is 0 Å². The van der Waals surface area contributed by atoms with Gasteiger partial charge in [0.1, 0.15) is 0 Å². The number of nitrogens with zero attached hydrogens (tertiary/aromatic N) is 5. The fraction of sp³-hybridized carbons (Fsp3) is 0.0192. The molecule has 0 fully saturated rings. The van der Waals surface area contributed by atoms with Gasteiger partial charge >= 0.3 is 6.18 Å². The van der Waals surface area contributed by atoms with E-state index in [4.69, 9.17) is 13.1 Å². The average Bonchev–Trinajstić information content (AvgIpc) is 3.80. The van der Waals surface area contributed by atoms with Crippen molar-refractivity contribution in [2.45, 2.75) is 6.18 Å². The smallest absolute Gasteiger partial charge is 0.310 e. The second-order valence-electron chi connectivity index (χ2n) is 14.6. The van der Waals surface area contributed by atoms with Crippen molar-refractivity contribution in [1.82, 2.24) is 9.13 Å². The zero-order valence-corrected chi connectivity index (χ0v) is 31.5. The van der Waals surface area contributed by atoms with Crippen LogP contribution in [0.1, 0.15) is 11.1 Å². The van der Waals surface area contributed by atoms with E-state index in [2.05, 4.69) is 27.9 Å². The molecule has 0 saturated heterocycles. The molecule has 8 aromatic carbocycles. The number of aromatic nitrogens is 2. The summed E-state index contributed by atoms with van der Waals surface area (Å²) >= 11 is 0. The number of hydrogen-bond acceptors (Lipinski definition) is 1. The molecular weight excluding hydrogens is 752 g/mol. The third-order valence-electron chi connectivity index (χ3n) is 11.2. The van der Waals surface area contributed by atoms with Gasteiger partial charge in [-0.3, -0.25) is 0 Å². The molecule has 0 spiro atoms. The monoisotopic (exact) mass is 779 g/mol. The lowest BCUT2D eigenvalue weighted by molar-refractivity contribution is -0.137. The minimum absolute atomic E-state index is 0.336. The molecular formula is C52H28F3N5. The molecule has 0 bridgehead atoms. The Morgan fingerprint density at radius 3 is 1.62 bits per heavy atom. The van der Waals surface area contributed by atoms with Crippen LogP contribution >= 0.6 is 0 Å². The summed E-state index contributed by atoms with van der Waals surface area (Å²) in [4.78, 5) is 7.38. The Bertz CT molecular complexity index is 3530. The number of rotatable bonds is 5. The van der Waals surface area contributed by atoms with E-state index in [0.29, 0.717) is 39.4 Å². The van der Waals surface area contributed by atoms with Crippen LogP contribution in [0, 0.1) is 24.5 Å². The summed E-state index contributed by atoms with van der Waals surface area (Å²) in [6, 6.07) is 53.8. The molecule has 10 rings (SSSR count). The van der Waals surface area contributed by atoms with Crippen LogP contribution in [0.2, 0.25) is 0 Å². The molecule has 0 radical (unpaired) electrons. The maximum absolute atomic E-state index is 14.8. The van der Waals surface area contributed by atoms with Gasteiger partial charge < -0.3 is 9.13 Å². The Labute approximate surface area is 342 Å². The molecule has 0 aliphatic rings. The van der Waals surface area contributed by atoms with E-state index in [-0.39, 0.29) is 0 Å². The van der Waals surface area contributed by atoms with Gasteiger partial charge in [-0.25, -0.2) is 9.69 Å². The predicted octanol–water partition coefficient (Wildman–Crippen LogP) is 14.9. The first-order chi connectivity index (χ1) is 29.2. The molecule has 0 amide bonds. The van der Waals surface area contributed by atoms with Crippen molar-refractivity contribution in [2.75, 3.05) is 0 Å². The highest BCUT2D eigenvalue weighted by molar-refractivity contribution is 6.13. The maximum Gasteiger partial charge on any atom is 0.416 e.